The molecule has 0 bridgehead atoms. The molecule has 1 rings (SSSR count). The first kappa shape index (κ1) is 15.9. The van der Waals surface area contributed by atoms with E-state index in [1.165, 1.54) is 25.1 Å². The zero-order chi connectivity index (χ0) is 15.3. The topological polar surface area (TPSA) is 132 Å². The van der Waals surface area contributed by atoms with E-state index in [9.17, 15) is 23.3 Å². The number of anilines is 1. The van der Waals surface area contributed by atoms with E-state index in [0.717, 1.165) is 0 Å². The Morgan fingerprint density at radius 3 is 2.65 bits per heavy atom. The number of rotatable bonds is 6. The molecular weight excluding hydrogens is 286 g/mol. The quantitative estimate of drug-likeness (QED) is 0.442. The maximum atomic E-state index is 11.8. The minimum atomic E-state index is -3.18. The van der Waals surface area contributed by atoms with Gasteiger partial charge in [0.05, 0.1) is 16.2 Å². The lowest BCUT2D eigenvalue weighted by molar-refractivity contribution is -0.383. The molecule has 0 aliphatic carbocycles. The van der Waals surface area contributed by atoms with Crippen molar-refractivity contribution in [3.63, 3.8) is 0 Å². The van der Waals surface area contributed by atoms with E-state index in [1.807, 2.05) is 0 Å². The van der Waals surface area contributed by atoms with E-state index in [-0.39, 0.29) is 35.0 Å². The van der Waals surface area contributed by atoms with Crippen LogP contribution in [0, 0.1) is 10.1 Å². The second kappa shape index (κ2) is 6.33. The van der Waals surface area contributed by atoms with E-state index in [1.54, 1.807) is 0 Å². The van der Waals surface area contributed by atoms with Crippen LogP contribution in [0.5, 0.6) is 0 Å². The number of nitro groups is 1. The smallest absolute Gasteiger partial charge is 0.292 e. The Hall–Kier alpha value is -2.16. The number of nitrogen functional groups attached to an aromatic ring is 1. The number of carbonyl (C=O) groups is 1. The molecule has 0 unspecified atom stereocenters. The van der Waals surface area contributed by atoms with Gasteiger partial charge < -0.3 is 11.1 Å². The van der Waals surface area contributed by atoms with Crippen LogP contribution >= 0.6 is 0 Å². The molecule has 0 spiro atoms. The Balaban J connectivity index is 2.79. The van der Waals surface area contributed by atoms with Crippen LogP contribution in [0.1, 0.15) is 17.3 Å². The van der Waals surface area contributed by atoms with Crippen molar-refractivity contribution in [1.82, 2.24) is 5.32 Å². The molecule has 0 heterocycles. The zero-order valence-corrected chi connectivity index (χ0v) is 11.6. The maximum absolute atomic E-state index is 11.8. The van der Waals surface area contributed by atoms with Crippen LogP contribution in [-0.2, 0) is 9.84 Å². The number of nitrogens with two attached hydrogens (primary N) is 1. The summed E-state index contributed by atoms with van der Waals surface area (Å²) in [5.74, 6) is -0.844. The molecule has 0 fully saturated rings. The van der Waals surface area contributed by atoms with E-state index in [0.29, 0.717) is 0 Å². The Morgan fingerprint density at radius 2 is 2.10 bits per heavy atom. The predicted molar refractivity (Wildman–Crippen MR) is 74.2 cm³/mol. The fraction of sp³-hybridized carbons (Fsp3) is 0.364. The fourth-order valence-corrected chi connectivity index (χ4v) is 2.17. The number of sulfone groups is 1. The van der Waals surface area contributed by atoms with E-state index in [2.05, 4.69) is 5.32 Å². The number of hydrogen-bond acceptors (Lipinski definition) is 6. The first-order valence-electron chi connectivity index (χ1n) is 5.80. The Kier molecular flexibility index (Phi) is 5.03. The molecule has 0 aromatic heterocycles. The second-order valence-electron chi connectivity index (χ2n) is 3.99. The van der Waals surface area contributed by atoms with Crippen molar-refractivity contribution in [2.45, 2.75) is 6.92 Å². The number of para-hydroxylation sites is 1. The summed E-state index contributed by atoms with van der Waals surface area (Å²) < 4.78 is 22.5. The molecule has 9 heteroatoms. The van der Waals surface area contributed by atoms with Crippen LogP contribution < -0.4 is 11.1 Å². The highest BCUT2D eigenvalue weighted by Crippen LogP contribution is 2.24. The standard InChI is InChI=1S/C11H15N3O5S/c1-2-20(18,19)7-6-13-11(15)8-4-3-5-9(10(8)12)14(16)17/h3-5H,2,6-7,12H2,1H3,(H,13,15). The summed E-state index contributed by atoms with van der Waals surface area (Å²) in [5, 5.41) is 13.1. The summed E-state index contributed by atoms with van der Waals surface area (Å²) in [4.78, 5) is 21.8. The van der Waals surface area contributed by atoms with Gasteiger partial charge in [-0.1, -0.05) is 13.0 Å². The Labute approximate surface area is 116 Å². The Bertz CT molecular complexity index is 627. The third kappa shape index (κ3) is 3.92. The summed E-state index contributed by atoms with van der Waals surface area (Å²) in [6.45, 7) is 1.44. The highest BCUT2D eigenvalue weighted by atomic mass is 32.2. The summed E-state index contributed by atoms with van der Waals surface area (Å²) >= 11 is 0. The molecule has 0 aliphatic rings. The lowest BCUT2D eigenvalue weighted by Crippen LogP contribution is -2.30. The van der Waals surface area contributed by atoms with Gasteiger partial charge in [-0.05, 0) is 6.07 Å². The average Bonchev–Trinajstić information content (AvgIpc) is 2.38. The van der Waals surface area contributed by atoms with Crippen molar-refractivity contribution in [2.75, 3.05) is 23.8 Å². The normalized spacial score (nSPS) is 11.1. The molecule has 20 heavy (non-hydrogen) atoms. The van der Waals surface area contributed by atoms with E-state index in [4.69, 9.17) is 5.73 Å². The van der Waals surface area contributed by atoms with Gasteiger partial charge in [-0.3, -0.25) is 14.9 Å². The number of nitrogens with one attached hydrogen (secondary N) is 1. The van der Waals surface area contributed by atoms with Gasteiger partial charge >= 0.3 is 0 Å². The monoisotopic (exact) mass is 301 g/mol. The molecule has 110 valence electrons. The first-order chi connectivity index (χ1) is 9.28. The van der Waals surface area contributed by atoms with Crippen LogP contribution in [0.25, 0.3) is 0 Å². The molecule has 1 amide bonds. The summed E-state index contributed by atoms with van der Waals surface area (Å²) in [6, 6.07) is 3.87. The van der Waals surface area contributed by atoms with Crippen molar-refractivity contribution >= 4 is 27.1 Å². The largest absolute Gasteiger partial charge is 0.393 e. The lowest BCUT2D eigenvalue weighted by atomic mass is 10.1. The van der Waals surface area contributed by atoms with Crippen LogP contribution in [-0.4, -0.2) is 37.3 Å². The van der Waals surface area contributed by atoms with Crippen molar-refractivity contribution in [1.29, 1.82) is 0 Å². The van der Waals surface area contributed by atoms with Crippen molar-refractivity contribution < 1.29 is 18.1 Å². The predicted octanol–water partition coefficient (Wildman–Crippen LogP) is 0.342. The zero-order valence-electron chi connectivity index (χ0n) is 10.8. The van der Waals surface area contributed by atoms with E-state index >= 15 is 0 Å². The molecule has 0 aliphatic heterocycles. The number of carbonyl (C=O) groups excluding carboxylic acids is 1. The summed E-state index contributed by atoms with van der Waals surface area (Å²) in [7, 11) is -3.18. The average molecular weight is 301 g/mol. The minimum absolute atomic E-state index is 0.0121. The fourth-order valence-electron chi connectivity index (χ4n) is 1.47. The summed E-state index contributed by atoms with van der Waals surface area (Å²) in [5.41, 5.74) is 4.90. The molecule has 1 aromatic rings. The SMILES string of the molecule is CCS(=O)(=O)CCNC(=O)c1cccc([N+](=O)[O-])c1N. The molecule has 0 radical (unpaired) electrons. The molecule has 0 atom stereocenters. The highest BCUT2D eigenvalue weighted by Gasteiger charge is 2.19. The van der Waals surface area contributed by atoms with Crippen LogP contribution in [0.15, 0.2) is 18.2 Å². The number of hydrogen-bond donors (Lipinski definition) is 2. The number of benzene rings is 1. The molecule has 3 N–H and O–H groups in total. The van der Waals surface area contributed by atoms with Gasteiger partial charge in [-0.25, -0.2) is 8.42 Å². The van der Waals surface area contributed by atoms with Gasteiger partial charge in [0, 0.05) is 18.4 Å². The number of nitro benzene ring substituents is 1. The van der Waals surface area contributed by atoms with Gasteiger partial charge in [0.25, 0.3) is 11.6 Å². The molecule has 1 aromatic carbocycles. The number of nitrogens with zero attached hydrogens (tertiary/aromatic N) is 1. The summed E-state index contributed by atoms with van der Waals surface area (Å²) in [6.07, 6.45) is 0. The molecule has 8 nitrogen and oxygen atoms in total. The van der Waals surface area contributed by atoms with Gasteiger partial charge in [-0.2, -0.15) is 0 Å². The van der Waals surface area contributed by atoms with Crippen LogP contribution in [0.2, 0.25) is 0 Å². The van der Waals surface area contributed by atoms with Gasteiger partial charge in [0.1, 0.15) is 5.69 Å². The number of amides is 1. The highest BCUT2D eigenvalue weighted by molar-refractivity contribution is 7.91. The minimum Gasteiger partial charge on any atom is -0.393 e. The Morgan fingerprint density at radius 1 is 1.45 bits per heavy atom. The molecule has 0 saturated carbocycles. The molecule has 0 saturated heterocycles. The first-order valence-corrected chi connectivity index (χ1v) is 7.62. The molecular formula is C11H15N3O5S. The van der Waals surface area contributed by atoms with Crippen LogP contribution in [0.3, 0.4) is 0 Å². The van der Waals surface area contributed by atoms with Crippen molar-refractivity contribution in [2.24, 2.45) is 0 Å². The van der Waals surface area contributed by atoms with Crippen molar-refractivity contribution in [3.8, 4) is 0 Å². The second-order valence-corrected chi connectivity index (χ2v) is 6.46. The lowest BCUT2D eigenvalue weighted by Gasteiger charge is -2.07. The van der Waals surface area contributed by atoms with Crippen LogP contribution in [0.4, 0.5) is 11.4 Å². The van der Waals surface area contributed by atoms with Gasteiger partial charge in [0.15, 0.2) is 9.84 Å². The van der Waals surface area contributed by atoms with E-state index < -0.39 is 20.7 Å². The third-order valence-corrected chi connectivity index (χ3v) is 4.37. The third-order valence-electron chi connectivity index (χ3n) is 2.66. The van der Waals surface area contributed by atoms with Gasteiger partial charge in [0.2, 0.25) is 0 Å². The maximum Gasteiger partial charge on any atom is 0.292 e. The van der Waals surface area contributed by atoms with Gasteiger partial charge in [-0.15, -0.1) is 0 Å². The van der Waals surface area contributed by atoms with Crippen molar-refractivity contribution in [3.05, 3.63) is 33.9 Å².